The molecule has 1 unspecified atom stereocenters. The molecule has 1 aliphatic rings. The van der Waals surface area contributed by atoms with Gasteiger partial charge in [-0.05, 0) is 56.2 Å². The number of ether oxygens (including phenoxy) is 1. The number of amides is 3. The van der Waals surface area contributed by atoms with Crippen LogP contribution in [0.1, 0.15) is 23.1 Å². The normalized spacial score (nSPS) is 16.4. The van der Waals surface area contributed by atoms with E-state index in [2.05, 4.69) is 10.6 Å². The van der Waals surface area contributed by atoms with Crippen molar-refractivity contribution in [3.05, 3.63) is 53.1 Å². The lowest BCUT2D eigenvalue weighted by Gasteiger charge is -2.18. The summed E-state index contributed by atoms with van der Waals surface area (Å²) in [5.41, 5.74) is 4.81. The lowest BCUT2D eigenvalue weighted by Crippen LogP contribution is -2.40. The molecule has 6 heteroatoms. The molecule has 0 saturated carbocycles. The number of benzene rings is 2. The summed E-state index contributed by atoms with van der Waals surface area (Å²) in [4.78, 5) is 26.5. The molecule has 2 aromatic rings. The predicted molar refractivity (Wildman–Crippen MR) is 107 cm³/mol. The van der Waals surface area contributed by atoms with Gasteiger partial charge in [-0.25, -0.2) is 4.79 Å². The number of methoxy groups -OCH3 is 1. The molecule has 0 bridgehead atoms. The van der Waals surface area contributed by atoms with Crippen molar-refractivity contribution in [2.75, 3.05) is 23.9 Å². The highest BCUT2D eigenvalue weighted by atomic mass is 16.5. The van der Waals surface area contributed by atoms with E-state index in [0.29, 0.717) is 6.54 Å². The third-order valence-corrected chi connectivity index (χ3v) is 4.76. The first-order chi connectivity index (χ1) is 12.9. The summed E-state index contributed by atoms with van der Waals surface area (Å²) in [6.07, 6.45) is 0.283. The lowest BCUT2D eigenvalue weighted by molar-refractivity contribution is -0.117. The average Bonchev–Trinajstić information content (AvgIpc) is 2.98. The van der Waals surface area contributed by atoms with Crippen LogP contribution in [-0.4, -0.2) is 31.6 Å². The van der Waals surface area contributed by atoms with Crippen LogP contribution in [0.3, 0.4) is 0 Å². The van der Waals surface area contributed by atoms with Crippen molar-refractivity contribution in [2.24, 2.45) is 0 Å². The fraction of sp³-hybridized carbons (Fsp3) is 0.333. The summed E-state index contributed by atoms with van der Waals surface area (Å²) in [7, 11) is 1.60. The number of hydrogen-bond acceptors (Lipinski definition) is 3. The number of aryl methyl sites for hydroxylation is 3. The minimum Gasteiger partial charge on any atom is -0.497 e. The van der Waals surface area contributed by atoms with E-state index in [1.54, 1.807) is 12.0 Å². The minimum absolute atomic E-state index is 0.00633. The number of urea groups is 1. The van der Waals surface area contributed by atoms with Crippen molar-refractivity contribution in [3.8, 4) is 5.75 Å². The van der Waals surface area contributed by atoms with E-state index in [-0.39, 0.29) is 24.4 Å². The van der Waals surface area contributed by atoms with E-state index in [9.17, 15) is 9.59 Å². The molecule has 142 valence electrons. The highest BCUT2D eigenvalue weighted by Gasteiger charge is 2.31. The van der Waals surface area contributed by atoms with Crippen LogP contribution in [-0.2, 0) is 4.79 Å². The Morgan fingerprint density at radius 3 is 2.33 bits per heavy atom. The number of carbonyl (C=O) groups is 2. The zero-order chi connectivity index (χ0) is 19.6. The molecule has 1 aliphatic heterocycles. The maximum atomic E-state index is 12.4. The van der Waals surface area contributed by atoms with E-state index in [1.165, 1.54) is 0 Å². The van der Waals surface area contributed by atoms with E-state index in [1.807, 2.05) is 57.2 Å². The smallest absolute Gasteiger partial charge is 0.319 e. The molecule has 0 spiro atoms. The van der Waals surface area contributed by atoms with Crippen LogP contribution in [0, 0.1) is 20.8 Å². The van der Waals surface area contributed by atoms with Crippen LogP contribution in [0.2, 0.25) is 0 Å². The molecule has 0 radical (unpaired) electrons. The Morgan fingerprint density at radius 2 is 1.74 bits per heavy atom. The monoisotopic (exact) mass is 367 g/mol. The Morgan fingerprint density at radius 1 is 1.11 bits per heavy atom. The third kappa shape index (κ3) is 4.22. The Balaban J connectivity index is 1.63. The predicted octanol–water partition coefficient (Wildman–Crippen LogP) is 3.55. The van der Waals surface area contributed by atoms with Gasteiger partial charge >= 0.3 is 6.03 Å². The van der Waals surface area contributed by atoms with Crippen LogP contribution in [0.15, 0.2) is 36.4 Å². The lowest BCUT2D eigenvalue weighted by atomic mass is 10.1. The molecule has 1 fully saturated rings. The molecule has 1 heterocycles. The van der Waals surface area contributed by atoms with E-state index in [4.69, 9.17) is 4.74 Å². The summed E-state index contributed by atoms with van der Waals surface area (Å²) < 4.78 is 5.15. The second-order valence-corrected chi connectivity index (χ2v) is 6.98. The standard InChI is InChI=1S/C21H25N3O3/c1-13-9-14(2)20(15(3)10-13)23-21(26)22-16-11-19(25)24(12-16)17-5-7-18(27-4)8-6-17/h5-10,16H,11-12H2,1-4H3,(H2,22,23,26). The number of rotatable bonds is 4. The van der Waals surface area contributed by atoms with E-state index < -0.39 is 0 Å². The van der Waals surface area contributed by atoms with Crippen molar-refractivity contribution in [2.45, 2.75) is 33.2 Å². The fourth-order valence-corrected chi connectivity index (χ4v) is 3.53. The molecule has 3 amide bonds. The number of nitrogens with zero attached hydrogens (tertiary/aromatic N) is 1. The Hall–Kier alpha value is -3.02. The summed E-state index contributed by atoms with van der Waals surface area (Å²) in [5, 5.41) is 5.83. The van der Waals surface area contributed by atoms with Gasteiger partial charge in [-0.15, -0.1) is 0 Å². The highest BCUT2D eigenvalue weighted by Crippen LogP contribution is 2.25. The number of carbonyl (C=O) groups excluding carboxylic acids is 2. The van der Waals surface area contributed by atoms with Crippen LogP contribution in [0.5, 0.6) is 5.75 Å². The molecule has 1 saturated heterocycles. The molecule has 6 nitrogen and oxygen atoms in total. The van der Waals surface area contributed by atoms with Gasteiger partial charge in [0.2, 0.25) is 5.91 Å². The average molecular weight is 367 g/mol. The van der Waals surface area contributed by atoms with Crippen LogP contribution in [0.4, 0.5) is 16.2 Å². The SMILES string of the molecule is COc1ccc(N2CC(NC(=O)Nc3c(C)cc(C)cc3C)CC2=O)cc1. The van der Waals surface area contributed by atoms with Gasteiger partial charge in [0.25, 0.3) is 0 Å². The summed E-state index contributed by atoms with van der Waals surface area (Å²) in [5.74, 6) is 0.733. The van der Waals surface area contributed by atoms with E-state index in [0.717, 1.165) is 33.8 Å². The second-order valence-electron chi connectivity index (χ2n) is 6.98. The fourth-order valence-electron chi connectivity index (χ4n) is 3.53. The van der Waals surface area contributed by atoms with Crippen LogP contribution in [0.25, 0.3) is 0 Å². The highest BCUT2D eigenvalue weighted by molar-refractivity contribution is 5.98. The van der Waals surface area contributed by atoms with Gasteiger partial charge in [0.1, 0.15) is 5.75 Å². The van der Waals surface area contributed by atoms with Gasteiger partial charge in [0.05, 0.1) is 13.2 Å². The van der Waals surface area contributed by atoms with Gasteiger partial charge in [-0.3, -0.25) is 4.79 Å². The van der Waals surface area contributed by atoms with Crippen molar-refractivity contribution >= 4 is 23.3 Å². The molecule has 27 heavy (non-hydrogen) atoms. The van der Waals surface area contributed by atoms with Crippen LogP contribution < -0.4 is 20.3 Å². The summed E-state index contributed by atoms with van der Waals surface area (Å²) >= 11 is 0. The van der Waals surface area contributed by atoms with Crippen molar-refractivity contribution in [1.82, 2.24) is 5.32 Å². The molecule has 2 N–H and O–H groups in total. The van der Waals surface area contributed by atoms with E-state index >= 15 is 0 Å². The topological polar surface area (TPSA) is 70.7 Å². The second kappa shape index (κ2) is 7.70. The van der Waals surface area contributed by atoms with Crippen molar-refractivity contribution in [3.63, 3.8) is 0 Å². The maximum absolute atomic E-state index is 12.4. The molecule has 3 rings (SSSR count). The maximum Gasteiger partial charge on any atom is 0.319 e. The first-order valence-electron chi connectivity index (χ1n) is 8.97. The Bertz CT molecular complexity index is 838. The molecular formula is C21H25N3O3. The molecule has 0 aromatic heterocycles. The van der Waals surface area contributed by atoms with Crippen molar-refractivity contribution in [1.29, 1.82) is 0 Å². The van der Waals surface area contributed by atoms with Gasteiger partial charge < -0.3 is 20.3 Å². The number of anilines is 2. The quantitative estimate of drug-likeness (QED) is 0.868. The molecular weight excluding hydrogens is 342 g/mol. The molecule has 0 aliphatic carbocycles. The zero-order valence-electron chi connectivity index (χ0n) is 16.1. The van der Waals surface area contributed by atoms with Gasteiger partial charge in [-0.1, -0.05) is 17.7 Å². The number of hydrogen-bond donors (Lipinski definition) is 2. The number of nitrogens with one attached hydrogen (secondary N) is 2. The minimum atomic E-state index is -0.292. The third-order valence-electron chi connectivity index (χ3n) is 4.76. The zero-order valence-corrected chi connectivity index (χ0v) is 16.1. The van der Waals surface area contributed by atoms with Gasteiger partial charge in [0.15, 0.2) is 0 Å². The molecule has 2 aromatic carbocycles. The van der Waals surface area contributed by atoms with Crippen LogP contribution >= 0.6 is 0 Å². The first kappa shape index (κ1) is 18.8. The largest absolute Gasteiger partial charge is 0.497 e. The summed E-state index contributed by atoms with van der Waals surface area (Å²) in [6.45, 7) is 6.42. The Kier molecular flexibility index (Phi) is 5.35. The first-order valence-corrected chi connectivity index (χ1v) is 8.97. The Labute approximate surface area is 159 Å². The summed E-state index contributed by atoms with van der Waals surface area (Å²) in [6, 6.07) is 10.9. The molecule has 1 atom stereocenters. The van der Waals surface area contributed by atoms with Gasteiger partial charge in [-0.2, -0.15) is 0 Å². The van der Waals surface area contributed by atoms with Crippen molar-refractivity contribution < 1.29 is 14.3 Å². The van der Waals surface area contributed by atoms with Gasteiger partial charge in [0, 0.05) is 24.3 Å².